The van der Waals surface area contributed by atoms with Gasteiger partial charge in [-0.3, -0.25) is 15.6 Å². The largest absolute Gasteiger partial charge is 0.495 e. The van der Waals surface area contributed by atoms with Gasteiger partial charge in [0.2, 0.25) is 10.0 Å². The Morgan fingerprint density at radius 1 is 1.30 bits per heavy atom. The van der Waals surface area contributed by atoms with Crippen molar-refractivity contribution >= 4 is 33.3 Å². The number of thiocarbonyl (C=S) groups is 1. The monoisotopic (exact) mass is 414 g/mol. The fourth-order valence-electron chi connectivity index (χ4n) is 2.22. The van der Waals surface area contributed by atoms with Crippen molar-refractivity contribution in [3.8, 4) is 5.75 Å². The van der Waals surface area contributed by atoms with Crippen molar-refractivity contribution < 1.29 is 17.9 Å². The highest BCUT2D eigenvalue weighted by Gasteiger charge is 2.30. The van der Waals surface area contributed by atoms with Crippen molar-refractivity contribution in [3.05, 3.63) is 23.8 Å². The molecular weight excluding hydrogens is 388 g/mol. The van der Waals surface area contributed by atoms with E-state index in [0.29, 0.717) is 17.6 Å². The van der Waals surface area contributed by atoms with E-state index in [9.17, 15) is 13.2 Å². The molecule has 27 heavy (non-hydrogen) atoms. The Balaban J connectivity index is 2.01. The zero-order chi connectivity index (χ0) is 20.0. The number of nitrogens with one attached hydrogen (secondary N) is 4. The molecule has 0 heterocycles. The summed E-state index contributed by atoms with van der Waals surface area (Å²) in [5.74, 6) is 0.214. The fourth-order valence-corrected chi connectivity index (χ4v) is 3.87. The van der Waals surface area contributed by atoms with E-state index in [4.69, 9.17) is 17.0 Å². The molecule has 8 nitrogen and oxygen atoms in total. The van der Waals surface area contributed by atoms with E-state index in [1.54, 1.807) is 0 Å². The van der Waals surface area contributed by atoms with Crippen molar-refractivity contribution in [2.75, 3.05) is 13.7 Å². The van der Waals surface area contributed by atoms with Gasteiger partial charge in [0.15, 0.2) is 5.11 Å². The molecule has 1 aromatic carbocycles. The highest BCUT2D eigenvalue weighted by molar-refractivity contribution is 7.89. The van der Waals surface area contributed by atoms with Gasteiger partial charge < -0.3 is 10.1 Å². The Labute approximate surface area is 165 Å². The van der Waals surface area contributed by atoms with E-state index in [1.165, 1.54) is 25.3 Å². The lowest BCUT2D eigenvalue weighted by Crippen LogP contribution is -2.47. The lowest BCUT2D eigenvalue weighted by atomic mass is 10.1. The molecule has 1 aromatic rings. The number of sulfonamides is 1. The minimum absolute atomic E-state index is 0.0480. The third-order valence-electron chi connectivity index (χ3n) is 3.91. The highest BCUT2D eigenvalue weighted by Crippen LogP contribution is 2.28. The zero-order valence-electron chi connectivity index (χ0n) is 15.7. The number of ether oxygens (including phenoxy) is 1. The number of carbonyl (C=O) groups is 1. The number of rotatable bonds is 8. The number of hydrogen-bond donors (Lipinski definition) is 4. The summed E-state index contributed by atoms with van der Waals surface area (Å²) in [6.45, 7) is 4.90. The van der Waals surface area contributed by atoms with Crippen LogP contribution in [0.4, 0.5) is 0 Å². The molecule has 1 saturated carbocycles. The molecule has 0 unspecified atom stereocenters. The summed E-state index contributed by atoms with van der Waals surface area (Å²) in [5.41, 5.74) is 5.24. The first kappa shape index (κ1) is 21.4. The molecule has 0 aliphatic heterocycles. The molecule has 150 valence electrons. The molecule has 0 aromatic heterocycles. The maximum atomic E-state index is 12.5. The van der Waals surface area contributed by atoms with E-state index in [-0.39, 0.29) is 22.3 Å². The summed E-state index contributed by atoms with van der Waals surface area (Å²) in [6.07, 6.45) is 2.57. The van der Waals surface area contributed by atoms with Crippen molar-refractivity contribution in [3.63, 3.8) is 0 Å². The van der Waals surface area contributed by atoms with Crippen molar-refractivity contribution in [2.24, 2.45) is 5.92 Å². The maximum Gasteiger partial charge on any atom is 0.269 e. The average molecular weight is 415 g/mol. The Morgan fingerprint density at radius 3 is 2.59 bits per heavy atom. The van der Waals surface area contributed by atoms with Crippen LogP contribution < -0.4 is 25.6 Å². The number of amides is 1. The van der Waals surface area contributed by atoms with Crippen LogP contribution in [0.2, 0.25) is 0 Å². The summed E-state index contributed by atoms with van der Waals surface area (Å²) < 4.78 is 32.7. The molecule has 4 N–H and O–H groups in total. The highest BCUT2D eigenvalue weighted by atomic mass is 32.2. The van der Waals surface area contributed by atoms with E-state index in [2.05, 4.69) is 34.7 Å². The van der Waals surface area contributed by atoms with Crippen LogP contribution in [0.5, 0.6) is 5.75 Å². The summed E-state index contributed by atoms with van der Waals surface area (Å²) in [6, 6.07) is 4.18. The SMILES string of the molecule is COc1ccc(C(=O)NNC(=S)NCCC(C)C)cc1S(=O)(=O)NC1CC1. The number of hydrazine groups is 1. The predicted molar refractivity (Wildman–Crippen MR) is 107 cm³/mol. The zero-order valence-corrected chi connectivity index (χ0v) is 17.3. The Hall–Kier alpha value is -1.91. The van der Waals surface area contributed by atoms with Crippen molar-refractivity contribution in [1.82, 2.24) is 20.9 Å². The predicted octanol–water partition coefficient (Wildman–Crippen LogP) is 1.29. The first-order chi connectivity index (χ1) is 12.7. The molecule has 1 aliphatic carbocycles. The second kappa shape index (κ2) is 9.34. The number of carbonyl (C=O) groups excluding carboxylic acids is 1. The molecule has 1 amide bonds. The van der Waals surface area contributed by atoms with Crippen LogP contribution in [0.3, 0.4) is 0 Å². The lowest BCUT2D eigenvalue weighted by Gasteiger charge is -2.14. The first-order valence-electron chi connectivity index (χ1n) is 8.77. The lowest BCUT2D eigenvalue weighted by molar-refractivity contribution is 0.0943. The third kappa shape index (κ3) is 6.64. The number of benzene rings is 1. The molecule has 10 heteroatoms. The molecule has 0 saturated heterocycles. The van der Waals surface area contributed by atoms with Crippen LogP contribution in [0.1, 0.15) is 43.5 Å². The molecule has 0 radical (unpaired) electrons. The quantitative estimate of drug-likeness (QED) is 0.375. The molecule has 1 fully saturated rings. The topological polar surface area (TPSA) is 109 Å². The van der Waals surface area contributed by atoms with Gasteiger partial charge in [-0.1, -0.05) is 13.8 Å². The minimum Gasteiger partial charge on any atom is -0.495 e. The minimum atomic E-state index is -3.76. The van der Waals surface area contributed by atoms with Crippen LogP contribution in [0.25, 0.3) is 0 Å². The van der Waals surface area contributed by atoms with Gasteiger partial charge in [-0.15, -0.1) is 0 Å². The Kier molecular flexibility index (Phi) is 7.40. The van der Waals surface area contributed by atoms with E-state index < -0.39 is 15.9 Å². The van der Waals surface area contributed by atoms with Crippen LogP contribution in [-0.2, 0) is 10.0 Å². The number of hydrogen-bond acceptors (Lipinski definition) is 5. The van der Waals surface area contributed by atoms with E-state index >= 15 is 0 Å². The number of methoxy groups -OCH3 is 1. The Morgan fingerprint density at radius 2 is 2.00 bits per heavy atom. The van der Waals surface area contributed by atoms with E-state index in [1.807, 2.05) is 0 Å². The molecule has 0 bridgehead atoms. The second-order valence-corrected chi connectivity index (χ2v) is 8.87. The van der Waals surface area contributed by atoms with Crippen LogP contribution in [0, 0.1) is 5.92 Å². The van der Waals surface area contributed by atoms with Crippen LogP contribution in [0.15, 0.2) is 23.1 Å². The summed E-state index contributed by atoms with van der Waals surface area (Å²) in [7, 11) is -2.38. The van der Waals surface area contributed by atoms with Gasteiger partial charge in [-0.2, -0.15) is 0 Å². The smallest absolute Gasteiger partial charge is 0.269 e. The third-order valence-corrected chi connectivity index (χ3v) is 5.70. The van der Waals surface area contributed by atoms with Gasteiger partial charge in [-0.25, -0.2) is 13.1 Å². The van der Waals surface area contributed by atoms with Gasteiger partial charge >= 0.3 is 0 Å². The summed E-state index contributed by atoms with van der Waals surface area (Å²) in [5, 5.41) is 3.28. The standard InChI is InChI=1S/C17H26N4O4S2/c1-11(2)8-9-18-17(26)20-19-16(22)12-4-7-14(25-3)15(10-12)27(23,24)21-13-5-6-13/h4,7,10-11,13,21H,5-6,8-9H2,1-3H3,(H,19,22)(H2,18,20,26). The fraction of sp³-hybridized carbons (Fsp3) is 0.529. The van der Waals surface area contributed by atoms with Crippen LogP contribution >= 0.6 is 12.2 Å². The Bertz CT molecular complexity index is 792. The first-order valence-corrected chi connectivity index (χ1v) is 10.7. The van der Waals surface area contributed by atoms with Gasteiger partial charge in [0.05, 0.1) is 7.11 Å². The second-order valence-electron chi connectivity index (χ2n) is 6.78. The molecule has 0 atom stereocenters. The molecule has 0 spiro atoms. The maximum absolute atomic E-state index is 12.5. The molecule has 1 aliphatic rings. The van der Waals surface area contributed by atoms with E-state index in [0.717, 1.165) is 19.3 Å². The van der Waals surface area contributed by atoms with Crippen molar-refractivity contribution in [2.45, 2.75) is 44.0 Å². The van der Waals surface area contributed by atoms with Gasteiger partial charge in [0.1, 0.15) is 10.6 Å². The average Bonchev–Trinajstić information content (AvgIpc) is 3.42. The van der Waals surface area contributed by atoms with Gasteiger partial charge in [-0.05, 0) is 55.6 Å². The molecule has 2 rings (SSSR count). The normalized spacial score (nSPS) is 13.9. The van der Waals surface area contributed by atoms with Crippen molar-refractivity contribution in [1.29, 1.82) is 0 Å². The van der Waals surface area contributed by atoms with Crippen LogP contribution in [-0.4, -0.2) is 39.1 Å². The van der Waals surface area contributed by atoms with Gasteiger partial charge in [0.25, 0.3) is 5.91 Å². The summed E-state index contributed by atoms with van der Waals surface area (Å²) in [4.78, 5) is 12.3. The molecular formula is C17H26N4O4S2. The summed E-state index contributed by atoms with van der Waals surface area (Å²) >= 11 is 5.09. The van der Waals surface area contributed by atoms with Gasteiger partial charge in [0, 0.05) is 18.2 Å².